The zero-order valence-electron chi connectivity index (χ0n) is 22.7. The van der Waals surface area contributed by atoms with Crippen LogP contribution in [0.5, 0.6) is 0 Å². The number of nitrogens with one attached hydrogen (secondary N) is 1. The second-order valence-corrected chi connectivity index (χ2v) is 12.1. The molecule has 0 unspecified atom stereocenters. The number of Topliss-reactive ketones (excluding diaryl/α,β-unsaturated/α-hetero) is 1. The van der Waals surface area contributed by atoms with Crippen molar-refractivity contribution in [2.45, 2.75) is 35.8 Å². The van der Waals surface area contributed by atoms with E-state index in [-0.39, 0.29) is 47.3 Å². The monoisotopic (exact) mass is 723 g/mol. The minimum Gasteiger partial charge on any atom is -0.366 e. The summed E-state index contributed by atoms with van der Waals surface area (Å²) < 4.78 is 72.8. The van der Waals surface area contributed by atoms with E-state index in [2.05, 4.69) is 19.9 Å². The molecule has 5 rings (SSSR count). The van der Waals surface area contributed by atoms with Gasteiger partial charge in [-0.1, -0.05) is 16.6 Å². The van der Waals surface area contributed by atoms with Crippen LogP contribution in [0, 0.1) is 17.5 Å². The van der Waals surface area contributed by atoms with Crippen LogP contribution in [0.2, 0.25) is 0 Å². The molecule has 44 heavy (non-hydrogen) atoms. The van der Waals surface area contributed by atoms with Gasteiger partial charge in [0, 0.05) is 24.2 Å². The van der Waals surface area contributed by atoms with Crippen molar-refractivity contribution < 1.29 is 36.3 Å². The quantitative estimate of drug-likeness (QED) is 0.134. The highest BCUT2D eigenvalue weighted by Crippen LogP contribution is 2.42. The van der Waals surface area contributed by atoms with Gasteiger partial charge >= 0.3 is 3.93 Å². The maximum Gasteiger partial charge on any atom is 0.335 e. The van der Waals surface area contributed by atoms with Gasteiger partial charge in [0.2, 0.25) is 5.91 Å². The molecule has 0 radical (unpaired) electrons. The van der Waals surface area contributed by atoms with Crippen molar-refractivity contribution in [3.63, 3.8) is 0 Å². The maximum absolute atomic E-state index is 14.6. The second kappa shape index (κ2) is 12.3. The summed E-state index contributed by atoms with van der Waals surface area (Å²) in [7, 11) is 0. The van der Waals surface area contributed by atoms with Gasteiger partial charge < -0.3 is 11.1 Å². The van der Waals surface area contributed by atoms with Gasteiger partial charge in [0.05, 0.1) is 28.6 Å². The molecule has 0 saturated carbocycles. The third-order valence-electron chi connectivity index (χ3n) is 7.06. The van der Waals surface area contributed by atoms with E-state index in [0.717, 1.165) is 22.9 Å². The van der Waals surface area contributed by atoms with Crippen molar-refractivity contribution in [3.05, 3.63) is 106 Å². The lowest BCUT2D eigenvalue weighted by Crippen LogP contribution is -2.34. The summed E-state index contributed by atoms with van der Waals surface area (Å²) in [6, 6.07) is 8.58. The molecule has 14 heteroatoms. The van der Waals surface area contributed by atoms with Crippen LogP contribution in [0.15, 0.2) is 54.7 Å². The number of rotatable bonds is 10. The average molecular weight is 723 g/mol. The van der Waals surface area contributed by atoms with Gasteiger partial charge in [-0.15, -0.1) is 0 Å². The Morgan fingerprint density at radius 2 is 1.82 bits per heavy atom. The number of nitrogens with zero attached hydrogens (tertiary/aromatic N) is 3. The minimum absolute atomic E-state index is 0.00334. The first-order valence-corrected chi connectivity index (χ1v) is 15.7. The third kappa shape index (κ3) is 6.30. The van der Waals surface area contributed by atoms with Crippen LogP contribution < -0.4 is 11.1 Å². The fraction of sp³-hybridized carbons (Fsp3) is 0.200. The Labute approximate surface area is 257 Å². The van der Waals surface area contributed by atoms with Gasteiger partial charge in [-0.05, 0) is 75.0 Å². The number of carbonyl (C=O) groups excluding carboxylic acids is 3. The van der Waals surface area contributed by atoms with Crippen molar-refractivity contribution in [2.24, 2.45) is 5.73 Å². The molecule has 1 aliphatic rings. The summed E-state index contributed by atoms with van der Waals surface area (Å²) in [6.45, 7) is -0.542. The number of carbonyl (C=O) groups is 3. The number of hydrogen-bond acceptors (Lipinski definition) is 5. The van der Waals surface area contributed by atoms with Gasteiger partial charge in [-0.25, -0.2) is 13.2 Å². The van der Waals surface area contributed by atoms with Crippen molar-refractivity contribution in [1.82, 2.24) is 20.1 Å². The SMILES string of the molecule is C=IC(F)(F)c1nn(CC(=O)N[C@@H](Cc2cc(F)cc(F)c2)c2ncccc2-c2ccc(F)c(C(N)=O)c2)c2c1C(=O)CC2. The number of halogens is 6. The molecule has 2 aromatic heterocycles. The van der Waals surface area contributed by atoms with Gasteiger partial charge in [0.1, 0.15) is 24.0 Å². The Kier molecular flexibility index (Phi) is 8.72. The molecule has 0 saturated heterocycles. The Bertz CT molecular complexity index is 1810. The number of benzene rings is 2. The fourth-order valence-electron chi connectivity index (χ4n) is 5.17. The van der Waals surface area contributed by atoms with E-state index >= 15 is 0 Å². The molecule has 0 aliphatic heterocycles. The molecule has 2 heterocycles. The molecule has 0 bridgehead atoms. The first-order chi connectivity index (χ1) is 20.9. The van der Waals surface area contributed by atoms with Crippen LogP contribution in [-0.2, 0) is 28.1 Å². The zero-order valence-corrected chi connectivity index (χ0v) is 24.9. The highest BCUT2D eigenvalue weighted by atomic mass is 127. The van der Waals surface area contributed by atoms with Gasteiger partial charge in [0.25, 0.3) is 5.91 Å². The molecule has 2 amide bonds. The largest absolute Gasteiger partial charge is 0.366 e. The van der Waals surface area contributed by atoms with E-state index in [1.807, 2.05) is 0 Å². The summed E-state index contributed by atoms with van der Waals surface area (Å²) in [4.78, 5) is 42.0. The number of ketones is 1. The summed E-state index contributed by atoms with van der Waals surface area (Å²) in [5, 5.41) is 6.67. The molecule has 4 aromatic rings. The van der Waals surface area contributed by atoms with E-state index in [1.165, 1.54) is 18.3 Å². The molecule has 1 atom stereocenters. The molecule has 228 valence electrons. The van der Waals surface area contributed by atoms with Crippen LogP contribution in [0.1, 0.15) is 55.8 Å². The Morgan fingerprint density at radius 1 is 1.09 bits per heavy atom. The lowest BCUT2D eigenvalue weighted by Gasteiger charge is -2.22. The molecule has 2 aromatic carbocycles. The Balaban J connectivity index is 1.53. The molecule has 3 N–H and O–H groups in total. The van der Waals surface area contributed by atoms with E-state index in [9.17, 15) is 36.3 Å². The number of fused-ring (bicyclic) bond motifs is 1. The van der Waals surface area contributed by atoms with Crippen LogP contribution >= 0.6 is 20.7 Å². The normalized spacial score (nSPS) is 13.5. The van der Waals surface area contributed by atoms with Crippen molar-refractivity contribution in [3.8, 4) is 11.1 Å². The van der Waals surface area contributed by atoms with Gasteiger partial charge in [-0.3, -0.25) is 24.0 Å². The molecule has 8 nitrogen and oxygen atoms in total. The van der Waals surface area contributed by atoms with E-state index in [4.69, 9.17) is 5.73 Å². The molecular weight excluding hydrogens is 700 g/mol. The third-order valence-corrected chi connectivity index (χ3v) is 8.53. The lowest BCUT2D eigenvalue weighted by atomic mass is 9.94. The first kappa shape index (κ1) is 31.1. The van der Waals surface area contributed by atoms with Gasteiger partial charge in [-0.2, -0.15) is 13.9 Å². The summed E-state index contributed by atoms with van der Waals surface area (Å²) in [5.41, 5.74) is 5.29. The van der Waals surface area contributed by atoms with Crippen LogP contribution in [0.25, 0.3) is 11.1 Å². The minimum atomic E-state index is -3.38. The Hall–Kier alpha value is -4.34. The maximum atomic E-state index is 14.6. The highest BCUT2D eigenvalue weighted by Gasteiger charge is 2.41. The van der Waals surface area contributed by atoms with Crippen molar-refractivity contribution >= 4 is 42.8 Å². The van der Waals surface area contributed by atoms with Crippen molar-refractivity contribution in [2.75, 3.05) is 0 Å². The van der Waals surface area contributed by atoms with E-state index < -0.39 is 78.0 Å². The topological polar surface area (TPSA) is 120 Å². The lowest BCUT2D eigenvalue weighted by molar-refractivity contribution is -0.122. The standard InChI is InChI=1S/C30H23F5IN5O3/c1-36-30(34,35)28-26-23(6-7-24(26)42)41(40-28)14-25(43)39-22(11-15-9-17(31)13-18(32)10-15)27-19(3-2-8-38-27)16-4-5-21(33)20(12-16)29(37)44/h2-5,8-10,12-13,22H,1,6-7,11,14H2,(H2,37,44)(H,39,43)/t22-/m0/s1. The van der Waals surface area contributed by atoms with Gasteiger partial charge in [0.15, 0.2) is 11.5 Å². The second-order valence-electron chi connectivity index (χ2n) is 9.98. The summed E-state index contributed by atoms with van der Waals surface area (Å²) in [5.74, 6) is -4.76. The van der Waals surface area contributed by atoms with E-state index in [0.29, 0.717) is 17.2 Å². The molecule has 0 fully saturated rings. The van der Waals surface area contributed by atoms with E-state index in [1.54, 1.807) is 12.1 Å². The number of amides is 2. The number of hydrogen-bond donors (Lipinski definition) is 2. The molecule has 0 spiro atoms. The molecule has 1 aliphatic carbocycles. The number of pyridine rings is 1. The number of alkyl halides is 3. The van der Waals surface area contributed by atoms with Crippen LogP contribution in [-0.4, -0.2) is 36.9 Å². The smallest absolute Gasteiger partial charge is 0.335 e. The van der Waals surface area contributed by atoms with Crippen LogP contribution in [0.4, 0.5) is 22.0 Å². The first-order valence-electron chi connectivity index (χ1n) is 13.1. The molecular formula is C30H23F5IN5O3. The fourth-order valence-corrected chi connectivity index (χ4v) is 5.91. The predicted molar refractivity (Wildman–Crippen MR) is 159 cm³/mol. The summed E-state index contributed by atoms with van der Waals surface area (Å²) >= 11 is -1.90. The number of primary amides is 1. The van der Waals surface area contributed by atoms with Crippen LogP contribution in [0.3, 0.4) is 0 Å². The van der Waals surface area contributed by atoms with Crippen molar-refractivity contribution in [1.29, 1.82) is 0 Å². The average Bonchev–Trinajstić information content (AvgIpc) is 3.53. The zero-order chi connectivity index (χ0) is 31.8. The Morgan fingerprint density at radius 3 is 2.50 bits per heavy atom. The summed E-state index contributed by atoms with van der Waals surface area (Å²) in [6.07, 6.45) is 1.37. The number of aromatic nitrogens is 3. The predicted octanol–water partition coefficient (Wildman–Crippen LogP) is 5.14. The number of nitrogens with two attached hydrogens (primary N) is 1. The highest BCUT2D eigenvalue weighted by molar-refractivity contribution is 14.2.